The van der Waals surface area contributed by atoms with Crippen LogP contribution in [0.3, 0.4) is 0 Å². The molecular formula is C21H12BrClO5. The molecule has 0 bridgehead atoms. The van der Waals surface area contributed by atoms with Crippen LogP contribution in [0.15, 0.2) is 72.9 Å². The predicted molar refractivity (Wildman–Crippen MR) is 109 cm³/mol. The first-order valence-electron chi connectivity index (χ1n) is 8.23. The Bertz CT molecular complexity index is 1250. The van der Waals surface area contributed by atoms with Crippen LogP contribution in [-0.4, -0.2) is 5.97 Å². The lowest BCUT2D eigenvalue weighted by Crippen LogP contribution is -2.16. The molecule has 0 saturated carbocycles. The van der Waals surface area contributed by atoms with E-state index in [9.17, 15) is 9.59 Å². The first-order chi connectivity index (χ1) is 13.4. The van der Waals surface area contributed by atoms with Crippen molar-refractivity contribution in [1.82, 2.24) is 0 Å². The van der Waals surface area contributed by atoms with Gasteiger partial charge in [-0.1, -0.05) is 23.2 Å². The lowest BCUT2D eigenvalue weighted by Gasteiger charge is -2.10. The normalized spacial score (nSPS) is 11.0. The zero-order valence-electron chi connectivity index (χ0n) is 14.5. The highest BCUT2D eigenvalue weighted by Gasteiger charge is 2.23. The van der Waals surface area contributed by atoms with Crippen molar-refractivity contribution in [3.05, 3.63) is 85.8 Å². The molecule has 0 atom stereocenters. The topological polar surface area (TPSA) is 69.7 Å². The molecule has 0 saturated heterocycles. The monoisotopic (exact) mass is 458 g/mol. The molecular weight excluding hydrogens is 448 g/mol. The van der Waals surface area contributed by atoms with E-state index in [0.717, 1.165) is 5.56 Å². The Morgan fingerprint density at radius 3 is 2.46 bits per heavy atom. The Balaban J connectivity index is 1.91. The summed E-state index contributed by atoms with van der Waals surface area (Å²) in [5.74, 6) is -0.923. The summed E-state index contributed by atoms with van der Waals surface area (Å²) in [7, 11) is 0. The first kappa shape index (κ1) is 18.5. The zero-order chi connectivity index (χ0) is 19.8. The van der Waals surface area contributed by atoms with Gasteiger partial charge in [0, 0.05) is 10.6 Å². The first-order valence-corrected chi connectivity index (χ1v) is 9.40. The van der Waals surface area contributed by atoms with Gasteiger partial charge in [-0.2, -0.15) is 0 Å². The van der Waals surface area contributed by atoms with Gasteiger partial charge in [0.25, 0.3) is 0 Å². The summed E-state index contributed by atoms with van der Waals surface area (Å²) in [5.41, 5.74) is 1.37. The third-order valence-electron chi connectivity index (χ3n) is 4.08. The predicted octanol–water partition coefficient (Wildman–Crippen LogP) is 6.00. The van der Waals surface area contributed by atoms with Gasteiger partial charge in [0.05, 0.1) is 5.39 Å². The highest BCUT2D eigenvalue weighted by atomic mass is 79.9. The van der Waals surface area contributed by atoms with E-state index < -0.39 is 11.4 Å². The molecule has 2 aromatic carbocycles. The summed E-state index contributed by atoms with van der Waals surface area (Å²) in [6.45, 7) is 1.86. The van der Waals surface area contributed by atoms with E-state index in [4.69, 9.17) is 25.2 Å². The van der Waals surface area contributed by atoms with Gasteiger partial charge >= 0.3 is 5.97 Å². The van der Waals surface area contributed by atoms with E-state index in [0.29, 0.717) is 26.2 Å². The van der Waals surface area contributed by atoms with Crippen LogP contribution in [0.25, 0.3) is 22.3 Å². The van der Waals surface area contributed by atoms with Crippen LogP contribution in [0.1, 0.15) is 16.1 Å². The Morgan fingerprint density at radius 1 is 1.04 bits per heavy atom. The lowest BCUT2D eigenvalue weighted by atomic mass is 10.1. The largest absolute Gasteiger partial charge is 0.452 e. The molecule has 0 aliphatic rings. The number of benzene rings is 2. The van der Waals surface area contributed by atoms with E-state index in [1.54, 1.807) is 42.5 Å². The van der Waals surface area contributed by atoms with Gasteiger partial charge in [-0.05, 0) is 71.4 Å². The Morgan fingerprint density at radius 2 is 1.79 bits per heavy atom. The average molecular weight is 460 g/mol. The van der Waals surface area contributed by atoms with Gasteiger partial charge in [-0.25, -0.2) is 4.79 Å². The van der Waals surface area contributed by atoms with E-state index >= 15 is 0 Å². The molecule has 0 N–H and O–H groups in total. The van der Waals surface area contributed by atoms with Gasteiger partial charge in [0.1, 0.15) is 5.58 Å². The fourth-order valence-electron chi connectivity index (χ4n) is 2.74. The van der Waals surface area contributed by atoms with Crippen molar-refractivity contribution >= 4 is 44.5 Å². The summed E-state index contributed by atoms with van der Waals surface area (Å²) in [6.07, 6.45) is 0. The highest BCUT2D eigenvalue weighted by Crippen LogP contribution is 2.32. The second-order valence-electron chi connectivity index (χ2n) is 6.09. The number of carbonyl (C=O) groups excluding carboxylic acids is 1. The molecule has 28 heavy (non-hydrogen) atoms. The van der Waals surface area contributed by atoms with Crippen molar-refractivity contribution < 1.29 is 18.4 Å². The van der Waals surface area contributed by atoms with Gasteiger partial charge in [-0.15, -0.1) is 0 Å². The third kappa shape index (κ3) is 3.48. The van der Waals surface area contributed by atoms with E-state index in [1.165, 1.54) is 6.07 Å². The van der Waals surface area contributed by atoms with E-state index in [1.807, 2.05) is 13.0 Å². The molecule has 0 amide bonds. The zero-order valence-corrected chi connectivity index (χ0v) is 16.8. The number of hydrogen-bond acceptors (Lipinski definition) is 5. The van der Waals surface area contributed by atoms with Crippen molar-refractivity contribution in [2.45, 2.75) is 6.92 Å². The highest BCUT2D eigenvalue weighted by molar-refractivity contribution is 9.10. The molecule has 0 fully saturated rings. The van der Waals surface area contributed by atoms with Crippen molar-refractivity contribution in [2.75, 3.05) is 0 Å². The summed E-state index contributed by atoms with van der Waals surface area (Å²) < 4.78 is 16.9. The van der Waals surface area contributed by atoms with Crippen LogP contribution >= 0.6 is 27.5 Å². The minimum absolute atomic E-state index is 0.0438. The average Bonchev–Trinajstić information content (AvgIpc) is 3.11. The molecule has 4 rings (SSSR count). The number of fused-ring (bicyclic) bond motifs is 1. The molecule has 140 valence electrons. The van der Waals surface area contributed by atoms with Crippen LogP contribution in [0, 0.1) is 6.92 Å². The molecule has 0 aliphatic heterocycles. The molecule has 0 unspecified atom stereocenters. The number of hydrogen-bond donors (Lipinski definition) is 0. The molecule has 0 radical (unpaired) electrons. The minimum atomic E-state index is -0.805. The number of furan rings is 1. The van der Waals surface area contributed by atoms with Gasteiger partial charge < -0.3 is 13.6 Å². The second kappa shape index (κ2) is 7.30. The summed E-state index contributed by atoms with van der Waals surface area (Å²) in [5, 5.41) is 0.850. The molecule has 5 nitrogen and oxygen atoms in total. The Kier molecular flexibility index (Phi) is 4.83. The van der Waals surface area contributed by atoms with Crippen LogP contribution in [-0.2, 0) is 0 Å². The molecule has 2 heterocycles. The van der Waals surface area contributed by atoms with Crippen LogP contribution < -0.4 is 10.2 Å². The Hall–Kier alpha value is -2.83. The number of carbonyl (C=O) groups is 1. The number of halogens is 2. The maximum Gasteiger partial charge on any atom is 0.379 e. The van der Waals surface area contributed by atoms with E-state index in [-0.39, 0.29) is 17.3 Å². The molecule has 0 spiro atoms. The standard InChI is InChI=1S/C21H12BrClO5/c1-11-2-7-15-14(10-11)18(24)20(28-21(25)16-8-9-17(22)26-16)19(27-15)12-3-5-13(23)6-4-12/h2-10H,1H3. The summed E-state index contributed by atoms with van der Waals surface area (Å²) in [4.78, 5) is 25.6. The molecule has 2 aromatic heterocycles. The minimum Gasteiger partial charge on any atom is -0.452 e. The van der Waals surface area contributed by atoms with Crippen LogP contribution in [0.4, 0.5) is 0 Å². The van der Waals surface area contributed by atoms with Crippen molar-refractivity contribution in [1.29, 1.82) is 0 Å². The fourth-order valence-corrected chi connectivity index (χ4v) is 3.18. The SMILES string of the molecule is Cc1ccc2oc(-c3ccc(Cl)cc3)c(OC(=O)c3ccc(Br)o3)c(=O)c2c1. The lowest BCUT2D eigenvalue weighted by molar-refractivity contribution is 0.0696. The van der Waals surface area contributed by atoms with E-state index in [2.05, 4.69) is 15.9 Å². The quantitative estimate of drug-likeness (QED) is 0.352. The van der Waals surface area contributed by atoms with Gasteiger partial charge in [0.2, 0.25) is 16.9 Å². The maximum atomic E-state index is 13.1. The second-order valence-corrected chi connectivity index (χ2v) is 7.31. The summed E-state index contributed by atoms with van der Waals surface area (Å²) in [6, 6.07) is 14.9. The van der Waals surface area contributed by atoms with Crippen molar-refractivity contribution in [3.8, 4) is 17.1 Å². The maximum absolute atomic E-state index is 13.1. The smallest absolute Gasteiger partial charge is 0.379 e. The van der Waals surface area contributed by atoms with Crippen LogP contribution in [0.2, 0.25) is 5.02 Å². The molecule has 0 aliphatic carbocycles. The van der Waals surface area contributed by atoms with Crippen LogP contribution in [0.5, 0.6) is 5.75 Å². The number of rotatable bonds is 3. The third-order valence-corrected chi connectivity index (χ3v) is 4.76. The molecule has 7 heteroatoms. The number of esters is 1. The number of ether oxygens (including phenoxy) is 1. The van der Waals surface area contributed by atoms with Gasteiger partial charge in [-0.3, -0.25) is 4.79 Å². The molecule has 4 aromatic rings. The van der Waals surface area contributed by atoms with Crippen molar-refractivity contribution in [2.24, 2.45) is 0 Å². The number of aryl methyl sites for hydroxylation is 1. The fraction of sp³-hybridized carbons (Fsp3) is 0.0476. The van der Waals surface area contributed by atoms with Crippen molar-refractivity contribution in [3.63, 3.8) is 0 Å². The van der Waals surface area contributed by atoms with Gasteiger partial charge in [0.15, 0.2) is 10.4 Å². The summed E-state index contributed by atoms with van der Waals surface area (Å²) >= 11 is 9.09. The Labute approximate surface area is 172 Å².